The molecule has 8 heteroatoms. The van der Waals surface area contributed by atoms with Crippen molar-refractivity contribution in [3.8, 4) is 0 Å². The average molecular weight is 427 g/mol. The lowest BCUT2D eigenvalue weighted by atomic mass is 10.1. The molecule has 0 heterocycles. The highest BCUT2D eigenvalue weighted by atomic mass is 35.5. The molecule has 0 atom stereocenters. The molecular formula is C19H23ClN2O3S2. The summed E-state index contributed by atoms with van der Waals surface area (Å²) in [6.45, 7) is 4.58. The fraction of sp³-hybridized carbons (Fsp3) is 0.316. The highest BCUT2D eigenvalue weighted by molar-refractivity contribution is 7.99. The van der Waals surface area contributed by atoms with Crippen LogP contribution in [0.25, 0.3) is 0 Å². The maximum absolute atomic E-state index is 12.4. The van der Waals surface area contributed by atoms with E-state index in [9.17, 15) is 13.2 Å². The van der Waals surface area contributed by atoms with Gasteiger partial charge in [-0.3, -0.25) is 4.79 Å². The van der Waals surface area contributed by atoms with Crippen molar-refractivity contribution in [3.05, 3.63) is 58.1 Å². The topological polar surface area (TPSA) is 66.5 Å². The Bertz CT molecular complexity index is 944. The lowest BCUT2D eigenvalue weighted by molar-refractivity contribution is 0.0956. The third-order valence-electron chi connectivity index (χ3n) is 4.10. The number of nitrogens with one attached hydrogen (secondary N) is 1. The van der Waals surface area contributed by atoms with Crippen LogP contribution in [-0.4, -0.2) is 45.0 Å². The summed E-state index contributed by atoms with van der Waals surface area (Å²) in [5.74, 6) is 0.304. The molecular weight excluding hydrogens is 404 g/mol. The van der Waals surface area contributed by atoms with Gasteiger partial charge in [0, 0.05) is 31.3 Å². The van der Waals surface area contributed by atoms with Crippen molar-refractivity contribution in [2.24, 2.45) is 0 Å². The number of benzene rings is 2. The molecule has 0 spiro atoms. The van der Waals surface area contributed by atoms with E-state index in [-0.39, 0.29) is 15.5 Å². The minimum absolute atomic E-state index is 0.0338. The predicted molar refractivity (Wildman–Crippen MR) is 111 cm³/mol. The molecule has 0 radical (unpaired) electrons. The number of carbonyl (C=O) groups excluding carboxylic acids is 1. The Morgan fingerprint density at radius 3 is 2.44 bits per heavy atom. The van der Waals surface area contributed by atoms with Crippen molar-refractivity contribution in [1.82, 2.24) is 9.62 Å². The third kappa shape index (κ3) is 5.48. The number of sulfonamides is 1. The monoisotopic (exact) mass is 426 g/mol. The largest absolute Gasteiger partial charge is 0.351 e. The summed E-state index contributed by atoms with van der Waals surface area (Å²) in [5.41, 5.74) is 2.63. The summed E-state index contributed by atoms with van der Waals surface area (Å²) in [7, 11) is -0.752. The molecule has 2 aromatic rings. The van der Waals surface area contributed by atoms with E-state index in [1.807, 2.05) is 0 Å². The molecule has 0 saturated carbocycles. The number of aryl methyl sites for hydroxylation is 2. The van der Waals surface area contributed by atoms with Crippen molar-refractivity contribution < 1.29 is 13.2 Å². The average Bonchev–Trinajstić information content (AvgIpc) is 2.61. The molecule has 0 aliphatic heterocycles. The molecule has 27 heavy (non-hydrogen) atoms. The quantitative estimate of drug-likeness (QED) is 0.541. The number of halogens is 1. The van der Waals surface area contributed by atoms with Gasteiger partial charge in [0.1, 0.15) is 0 Å². The van der Waals surface area contributed by atoms with Crippen molar-refractivity contribution >= 4 is 39.3 Å². The minimum Gasteiger partial charge on any atom is -0.351 e. The molecule has 0 aromatic heterocycles. The highest BCUT2D eigenvalue weighted by Gasteiger charge is 2.20. The Morgan fingerprint density at radius 1 is 1.11 bits per heavy atom. The van der Waals surface area contributed by atoms with Crippen LogP contribution in [0.1, 0.15) is 21.5 Å². The summed E-state index contributed by atoms with van der Waals surface area (Å²) in [6.07, 6.45) is 0. The minimum atomic E-state index is -3.63. The van der Waals surface area contributed by atoms with Gasteiger partial charge < -0.3 is 5.32 Å². The normalized spacial score (nSPS) is 11.6. The van der Waals surface area contributed by atoms with Gasteiger partial charge in [-0.05, 0) is 55.3 Å². The number of thioether (sulfide) groups is 1. The standard InChI is InChI=1S/C19H23ClN2O3S2/c1-13-5-6-15(11-14(13)2)26-10-9-21-19(23)17-12-16(7-8-18(17)20)27(24,25)22(3)4/h5-8,11-12H,9-10H2,1-4H3,(H,21,23). The Kier molecular flexibility index (Phi) is 7.33. The van der Waals surface area contributed by atoms with Crippen molar-refractivity contribution in [3.63, 3.8) is 0 Å². The van der Waals surface area contributed by atoms with E-state index in [1.54, 1.807) is 11.8 Å². The Hall–Kier alpha value is -1.54. The number of nitrogens with zero attached hydrogens (tertiary/aromatic N) is 1. The second-order valence-corrected chi connectivity index (χ2v) is 10.0. The first-order valence-corrected chi connectivity index (χ1v) is 11.1. The molecule has 0 fully saturated rings. The van der Waals surface area contributed by atoms with Crippen LogP contribution in [-0.2, 0) is 10.0 Å². The van der Waals surface area contributed by atoms with Crippen molar-refractivity contribution in [1.29, 1.82) is 0 Å². The zero-order chi connectivity index (χ0) is 20.2. The van der Waals surface area contributed by atoms with E-state index >= 15 is 0 Å². The van der Waals surface area contributed by atoms with E-state index in [0.29, 0.717) is 12.3 Å². The van der Waals surface area contributed by atoms with Gasteiger partial charge in [-0.25, -0.2) is 12.7 Å². The van der Waals surface area contributed by atoms with Crippen LogP contribution in [0.5, 0.6) is 0 Å². The van der Waals surface area contributed by atoms with E-state index in [1.165, 1.54) is 43.4 Å². The van der Waals surface area contributed by atoms with Gasteiger partial charge >= 0.3 is 0 Å². The van der Waals surface area contributed by atoms with Crippen LogP contribution in [0.4, 0.5) is 0 Å². The summed E-state index contributed by atoms with van der Waals surface area (Å²) < 4.78 is 25.6. The summed E-state index contributed by atoms with van der Waals surface area (Å²) in [4.78, 5) is 13.6. The van der Waals surface area contributed by atoms with E-state index < -0.39 is 15.9 Å². The number of amides is 1. The van der Waals surface area contributed by atoms with Gasteiger partial charge in [0.15, 0.2) is 0 Å². The van der Waals surface area contributed by atoms with Gasteiger partial charge in [0.2, 0.25) is 10.0 Å². The number of hydrogen-bond donors (Lipinski definition) is 1. The number of hydrogen-bond acceptors (Lipinski definition) is 4. The fourth-order valence-electron chi connectivity index (χ4n) is 2.28. The number of carbonyl (C=O) groups is 1. The van der Waals surface area contributed by atoms with Gasteiger partial charge in [-0.15, -0.1) is 11.8 Å². The van der Waals surface area contributed by atoms with E-state index in [2.05, 4.69) is 37.4 Å². The van der Waals surface area contributed by atoms with Crippen molar-refractivity contribution in [2.75, 3.05) is 26.4 Å². The molecule has 0 bridgehead atoms. The van der Waals surface area contributed by atoms with Crippen LogP contribution in [0, 0.1) is 13.8 Å². The van der Waals surface area contributed by atoms with Gasteiger partial charge in [0.25, 0.3) is 5.91 Å². The molecule has 2 aromatic carbocycles. The molecule has 0 aliphatic rings. The zero-order valence-electron chi connectivity index (χ0n) is 15.7. The maximum atomic E-state index is 12.4. The maximum Gasteiger partial charge on any atom is 0.252 e. The predicted octanol–water partition coefficient (Wildman–Crippen LogP) is 3.73. The molecule has 0 unspecified atom stereocenters. The first-order valence-electron chi connectivity index (χ1n) is 8.33. The van der Waals surface area contributed by atoms with Crippen LogP contribution in [0.15, 0.2) is 46.2 Å². The molecule has 5 nitrogen and oxygen atoms in total. The second-order valence-electron chi connectivity index (χ2n) is 6.28. The Morgan fingerprint density at radius 2 is 1.81 bits per heavy atom. The molecule has 2 rings (SSSR count). The number of rotatable bonds is 7. The summed E-state index contributed by atoms with van der Waals surface area (Å²) in [6, 6.07) is 10.4. The fourth-order valence-corrected chi connectivity index (χ4v) is 4.28. The van der Waals surface area contributed by atoms with Crippen LogP contribution in [0.3, 0.4) is 0 Å². The van der Waals surface area contributed by atoms with E-state index in [0.717, 1.165) is 9.20 Å². The molecule has 1 N–H and O–H groups in total. The van der Waals surface area contributed by atoms with Crippen LogP contribution < -0.4 is 5.32 Å². The lowest BCUT2D eigenvalue weighted by Gasteiger charge is -2.13. The lowest BCUT2D eigenvalue weighted by Crippen LogP contribution is -2.27. The molecule has 0 saturated heterocycles. The molecule has 1 amide bonds. The molecule has 0 aliphatic carbocycles. The van der Waals surface area contributed by atoms with Gasteiger partial charge in [0.05, 0.1) is 15.5 Å². The Balaban J connectivity index is 2.00. The summed E-state index contributed by atoms with van der Waals surface area (Å²) >= 11 is 7.73. The van der Waals surface area contributed by atoms with Crippen LogP contribution >= 0.6 is 23.4 Å². The Labute approximate surface area is 170 Å². The van der Waals surface area contributed by atoms with Gasteiger partial charge in [-0.1, -0.05) is 17.7 Å². The van der Waals surface area contributed by atoms with Gasteiger partial charge in [-0.2, -0.15) is 0 Å². The van der Waals surface area contributed by atoms with Crippen molar-refractivity contribution in [2.45, 2.75) is 23.6 Å². The second kappa shape index (κ2) is 9.10. The molecule has 146 valence electrons. The first kappa shape index (κ1) is 21.8. The third-order valence-corrected chi connectivity index (χ3v) is 7.23. The summed E-state index contributed by atoms with van der Waals surface area (Å²) in [5, 5.41) is 3.01. The SMILES string of the molecule is Cc1ccc(SCCNC(=O)c2cc(S(=O)(=O)N(C)C)ccc2Cl)cc1C. The zero-order valence-corrected chi connectivity index (χ0v) is 18.1. The highest BCUT2D eigenvalue weighted by Crippen LogP contribution is 2.23. The van der Waals surface area contributed by atoms with E-state index in [4.69, 9.17) is 11.6 Å². The first-order chi connectivity index (χ1) is 12.6. The smallest absolute Gasteiger partial charge is 0.252 e. The van der Waals surface area contributed by atoms with Crippen LogP contribution in [0.2, 0.25) is 5.02 Å².